The van der Waals surface area contributed by atoms with E-state index in [1.165, 1.54) is 18.2 Å². The standard InChI is InChI=1S/C15H18N2O/c1-18-10-15(11-6-7-11)17-13-8-12-4-2-3-5-14(12)16-9-13/h2-5,8-9,11,15,17H,6-7,10H2,1H3. The minimum absolute atomic E-state index is 0.415. The first kappa shape index (κ1) is 11.5. The van der Waals surface area contributed by atoms with Crippen molar-refractivity contribution < 1.29 is 4.74 Å². The molecule has 1 saturated carbocycles. The van der Waals surface area contributed by atoms with E-state index in [0.29, 0.717) is 6.04 Å². The molecule has 3 nitrogen and oxygen atoms in total. The molecule has 1 fully saturated rings. The predicted molar refractivity (Wildman–Crippen MR) is 73.8 cm³/mol. The summed E-state index contributed by atoms with van der Waals surface area (Å²) in [6.07, 6.45) is 4.53. The van der Waals surface area contributed by atoms with Crippen LogP contribution in [0.25, 0.3) is 10.9 Å². The first-order valence-electron chi connectivity index (χ1n) is 6.47. The van der Waals surface area contributed by atoms with E-state index >= 15 is 0 Å². The average molecular weight is 242 g/mol. The number of anilines is 1. The molecule has 1 aromatic carbocycles. The maximum Gasteiger partial charge on any atom is 0.0703 e. The van der Waals surface area contributed by atoms with Crippen molar-refractivity contribution in [1.82, 2.24) is 4.98 Å². The zero-order valence-electron chi connectivity index (χ0n) is 10.6. The lowest BCUT2D eigenvalue weighted by molar-refractivity contribution is 0.179. The molecule has 0 spiro atoms. The third-order valence-corrected chi connectivity index (χ3v) is 3.48. The lowest BCUT2D eigenvalue weighted by Crippen LogP contribution is -2.27. The first-order chi connectivity index (χ1) is 8.86. The number of rotatable bonds is 5. The number of hydrogen-bond donors (Lipinski definition) is 1. The van der Waals surface area contributed by atoms with Crippen LogP contribution in [-0.2, 0) is 4.74 Å². The van der Waals surface area contributed by atoms with Crippen molar-refractivity contribution in [3.8, 4) is 0 Å². The second-order valence-electron chi connectivity index (χ2n) is 4.96. The summed E-state index contributed by atoms with van der Waals surface area (Å²) in [5.41, 5.74) is 2.13. The van der Waals surface area contributed by atoms with Crippen molar-refractivity contribution >= 4 is 16.6 Å². The van der Waals surface area contributed by atoms with Crippen molar-refractivity contribution in [2.24, 2.45) is 5.92 Å². The number of methoxy groups -OCH3 is 1. The van der Waals surface area contributed by atoms with E-state index in [1.807, 2.05) is 24.4 Å². The number of hydrogen-bond acceptors (Lipinski definition) is 3. The van der Waals surface area contributed by atoms with Gasteiger partial charge in [0.2, 0.25) is 0 Å². The molecule has 1 N–H and O–H groups in total. The van der Waals surface area contributed by atoms with Crippen LogP contribution in [0.3, 0.4) is 0 Å². The van der Waals surface area contributed by atoms with Gasteiger partial charge in [-0.1, -0.05) is 18.2 Å². The fraction of sp³-hybridized carbons (Fsp3) is 0.400. The molecule has 0 radical (unpaired) electrons. The third-order valence-electron chi connectivity index (χ3n) is 3.48. The molecule has 1 aromatic heterocycles. The summed E-state index contributed by atoms with van der Waals surface area (Å²) in [5, 5.41) is 4.72. The van der Waals surface area contributed by atoms with Crippen LogP contribution in [0.15, 0.2) is 36.5 Å². The number of nitrogens with one attached hydrogen (secondary N) is 1. The molecular formula is C15H18N2O. The molecule has 0 saturated heterocycles. The summed E-state index contributed by atoms with van der Waals surface area (Å²) in [4.78, 5) is 4.47. The maximum atomic E-state index is 5.28. The molecule has 1 unspecified atom stereocenters. The van der Waals surface area contributed by atoms with Gasteiger partial charge in [0.15, 0.2) is 0 Å². The van der Waals surface area contributed by atoms with Gasteiger partial charge in [-0.25, -0.2) is 0 Å². The molecule has 1 atom stereocenters. The number of aromatic nitrogens is 1. The topological polar surface area (TPSA) is 34.1 Å². The third kappa shape index (κ3) is 2.46. The normalized spacial score (nSPS) is 16.7. The van der Waals surface area contributed by atoms with Crippen LogP contribution in [0.2, 0.25) is 0 Å². The van der Waals surface area contributed by atoms with E-state index in [2.05, 4.69) is 22.4 Å². The van der Waals surface area contributed by atoms with Crippen LogP contribution in [0.1, 0.15) is 12.8 Å². The van der Waals surface area contributed by atoms with Crippen molar-refractivity contribution in [2.75, 3.05) is 19.0 Å². The molecule has 1 aliphatic carbocycles. The lowest BCUT2D eigenvalue weighted by atomic mass is 10.1. The number of pyridine rings is 1. The Hall–Kier alpha value is -1.61. The molecule has 18 heavy (non-hydrogen) atoms. The summed E-state index contributed by atoms with van der Waals surface area (Å²) in [6, 6.07) is 10.8. The molecule has 1 heterocycles. The molecular weight excluding hydrogens is 224 g/mol. The van der Waals surface area contributed by atoms with Gasteiger partial charge in [-0.05, 0) is 30.9 Å². The van der Waals surface area contributed by atoms with E-state index in [9.17, 15) is 0 Å². The quantitative estimate of drug-likeness (QED) is 0.875. The highest BCUT2D eigenvalue weighted by Crippen LogP contribution is 2.34. The Balaban J connectivity index is 1.80. The summed E-state index contributed by atoms with van der Waals surface area (Å²) in [7, 11) is 1.76. The van der Waals surface area contributed by atoms with E-state index in [1.54, 1.807) is 7.11 Å². The van der Waals surface area contributed by atoms with E-state index in [-0.39, 0.29) is 0 Å². The Morgan fingerprint density at radius 1 is 1.39 bits per heavy atom. The van der Waals surface area contributed by atoms with Crippen molar-refractivity contribution in [3.63, 3.8) is 0 Å². The monoisotopic (exact) mass is 242 g/mol. The van der Waals surface area contributed by atoms with Crippen molar-refractivity contribution in [3.05, 3.63) is 36.5 Å². The molecule has 0 bridgehead atoms. The van der Waals surface area contributed by atoms with Crippen LogP contribution in [0, 0.1) is 5.92 Å². The summed E-state index contributed by atoms with van der Waals surface area (Å²) < 4.78 is 5.28. The van der Waals surface area contributed by atoms with Gasteiger partial charge >= 0.3 is 0 Å². The number of para-hydroxylation sites is 1. The Morgan fingerprint density at radius 3 is 3.00 bits per heavy atom. The molecule has 94 valence electrons. The summed E-state index contributed by atoms with van der Waals surface area (Å²) >= 11 is 0. The number of ether oxygens (including phenoxy) is 1. The van der Waals surface area contributed by atoms with Crippen molar-refractivity contribution in [1.29, 1.82) is 0 Å². The van der Waals surface area contributed by atoms with Gasteiger partial charge in [0.05, 0.1) is 30.0 Å². The Labute approximate surface area is 107 Å². The maximum absolute atomic E-state index is 5.28. The van der Waals surface area contributed by atoms with Crippen LogP contribution in [0.5, 0.6) is 0 Å². The zero-order valence-corrected chi connectivity index (χ0v) is 10.6. The molecule has 3 rings (SSSR count). The number of nitrogens with zero attached hydrogens (tertiary/aromatic N) is 1. The van der Waals surface area contributed by atoms with E-state index in [4.69, 9.17) is 4.74 Å². The fourth-order valence-corrected chi connectivity index (χ4v) is 2.34. The van der Waals surface area contributed by atoms with Gasteiger partial charge in [0.1, 0.15) is 0 Å². The van der Waals surface area contributed by atoms with Gasteiger partial charge in [-0.2, -0.15) is 0 Å². The van der Waals surface area contributed by atoms with Gasteiger partial charge in [0.25, 0.3) is 0 Å². The SMILES string of the molecule is COCC(Nc1cnc2ccccc2c1)C1CC1. The molecule has 3 heteroatoms. The highest BCUT2D eigenvalue weighted by atomic mass is 16.5. The number of fused-ring (bicyclic) bond motifs is 1. The lowest BCUT2D eigenvalue weighted by Gasteiger charge is -2.18. The van der Waals surface area contributed by atoms with Gasteiger partial charge in [-0.15, -0.1) is 0 Å². The predicted octanol–water partition coefficient (Wildman–Crippen LogP) is 3.07. The molecule has 2 aromatic rings. The van der Waals surface area contributed by atoms with E-state index < -0.39 is 0 Å². The Bertz CT molecular complexity index is 537. The van der Waals surface area contributed by atoms with Gasteiger partial charge < -0.3 is 10.1 Å². The number of benzene rings is 1. The van der Waals surface area contributed by atoms with Gasteiger partial charge in [-0.3, -0.25) is 4.98 Å². The molecule has 1 aliphatic rings. The van der Waals surface area contributed by atoms with E-state index in [0.717, 1.165) is 23.7 Å². The highest BCUT2D eigenvalue weighted by molar-refractivity contribution is 5.81. The Kier molecular flexibility index (Phi) is 3.15. The smallest absolute Gasteiger partial charge is 0.0703 e. The van der Waals surface area contributed by atoms with Crippen LogP contribution in [-0.4, -0.2) is 24.7 Å². The zero-order chi connectivity index (χ0) is 12.4. The van der Waals surface area contributed by atoms with Crippen LogP contribution < -0.4 is 5.32 Å². The first-order valence-corrected chi connectivity index (χ1v) is 6.47. The average Bonchev–Trinajstić information content (AvgIpc) is 3.22. The Morgan fingerprint density at radius 2 is 2.22 bits per heavy atom. The highest BCUT2D eigenvalue weighted by Gasteiger charge is 2.31. The minimum atomic E-state index is 0.415. The van der Waals surface area contributed by atoms with Crippen LogP contribution in [0.4, 0.5) is 5.69 Å². The minimum Gasteiger partial charge on any atom is -0.383 e. The van der Waals surface area contributed by atoms with Gasteiger partial charge in [0, 0.05) is 12.5 Å². The largest absolute Gasteiger partial charge is 0.383 e. The second-order valence-corrected chi connectivity index (χ2v) is 4.96. The fourth-order valence-electron chi connectivity index (χ4n) is 2.34. The molecule has 0 aliphatic heterocycles. The van der Waals surface area contributed by atoms with Crippen molar-refractivity contribution in [2.45, 2.75) is 18.9 Å². The second kappa shape index (κ2) is 4.94. The summed E-state index contributed by atoms with van der Waals surface area (Å²) in [6.45, 7) is 0.761. The van der Waals surface area contributed by atoms with Crippen LogP contribution >= 0.6 is 0 Å². The molecule has 0 amide bonds. The summed E-state index contributed by atoms with van der Waals surface area (Å²) in [5.74, 6) is 0.761.